The summed E-state index contributed by atoms with van der Waals surface area (Å²) in [5.74, 6) is -5.96. The van der Waals surface area contributed by atoms with Gasteiger partial charge in [-0.2, -0.15) is 18.1 Å². The van der Waals surface area contributed by atoms with Crippen molar-refractivity contribution >= 4 is 0 Å². The van der Waals surface area contributed by atoms with Crippen LogP contribution < -0.4 is 0 Å². The number of rotatable bonds is 1. The van der Waals surface area contributed by atoms with Crippen molar-refractivity contribution in [2.75, 3.05) is 0 Å². The van der Waals surface area contributed by atoms with E-state index in [4.69, 9.17) is 19.2 Å². The lowest BCUT2D eigenvalue weighted by atomic mass is 9.57. The van der Waals surface area contributed by atoms with Gasteiger partial charge in [0, 0.05) is 18.3 Å². The lowest BCUT2D eigenvalue weighted by molar-refractivity contribution is -0.616. The molecule has 5 fully saturated rings. The second-order valence-corrected chi connectivity index (χ2v) is 8.07. The number of hydrogen-bond donors (Lipinski definition) is 1. The number of ether oxygens (including phenoxy) is 2. The van der Waals surface area contributed by atoms with E-state index in [1.54, 1.807) is 6.92 Å². The summed E-state index contributed by atoms with van der Waals surface area (Å²) >= 11 is 0. The van der Waals surface area contributed by atoms with Crippen LogP contribution in [0.25, 0.3) is 0 Å². The first kappa shape index (κ1) is 17.9. The molecule has 2 bridgehead atoms. The summed E-state index contributed by atoms with van der Waals surface area (Å²) in [5, 5.41) is 9.22. The summed E-state index contributed by atoms with van der Waals surface area (Å²) < 4.78 is 52.6. The van der Waals surface area contributed by atoms with Gasteiger partial charge in [-0.05, 0) is 38.0 Å². The molecule has 4 heterocycles. The van der Waals surface area contributed by atoms with Gasteiger partial charge in [-0.25, -0.2) is 15.0 Å². The molecule has 4 saturated heterocycles. The lowest BCUT2D eigenvalue weighted by Gasteiger charge is -2.62. The molecule has 4 aliphatic heterocycles. The minimum Gasteiger partial charge on any atom is -0.315 e. The number of halogens is 3. The highest BCUT2D eigenvalue weighted by atomic mass is 19.4. The Morgan fingerprint density at radius 1 is 1.04 bits per heavy atom. The molecule has 8 atom stereocenters. The average Bonchev–Trinajstić information content (AvgIpc) is 2.76. The Hall–Kier alpha value is -0.450. The molecule has 9 heteroatoms. The highest BCUT2D eigenvalue weighted by Crippen LogP contribution is 2.64. The first-order valence-electron chi connectivity index (χ1n) is 8.71. The number of hydrogen-bond acceptors (Lipinski definition) is 6. The van der Waals surface area contributed by atoms with E-state index >= 15 is 0 Å². The molecule has 1 saturated carbocycles. The highest BCUT2D eigenvalue weighted by molar-refractivity contribution is 5.12. The first-order chi connectivity index (χ1) is 11.6. The minimum atomic E-state index is -4.93. The Morgan fingerprint density at radius 3 is 2.40 bits per heavy atom. The van der Waals surface area contributed by atoms with Crippen LogP contribution in [0.5, 0.6) is 0 Å². The van der Waals surface area contributed by atoms with Crippen molar-refractivity contribution in [3.63, 3.8) is 0 Å². The van der Waals surface area contributed by atoms with E-state index in [9.17, 15) is 18.4 Å². The van der Waals surface area contributed by atoms with Gasteiger partial charge in [0.15, 0.2) is 11.9 Å². The molecular formula is C16H23F3O6. The van der Waals surface area contributed by atoms with Crippen LogP contribution >= 0.6 is 0 Å². The fourth-order valence-corrected chi connectivity index (χ4v) is 5.40. The SMILES string of the molecule is C[C@@H]1CCC2[C@@H](C)[C@](OO)(C(F)(F)F)O[C@@H]3O[C@]4(C)CC[C@@H]1[C@@]23OO4. The van der Waals surface area contributed by atoms with Gasteiger partial charge in [0.25, 0.3) is 0 Å². The summed E-state index contributed by atoms with van der Waals surface area (Å²) in [6.45, 7) is 5.05. The fourth-order valence-electron chi connectivity index (χ4n) is 5.40. The molecule has 1 N–H and O–H groups in total. The zero-order chi connectivity index (χ0) is 18.3. The Morgan fingerprint density at radius 2 is 1.76 bits per heavy atom. The summed E-state index contributed by atoms with van der Waals surface area (Å²) in [5.41, 5.74) is -1.14. The van der Waals surface area contributed by atoms with Crippen molar-refractivity contribution in [1.29, 1.82) is 0 Å². The fraction of sp³-hybridized carbons (Fsp3) is 1.00. The second-order valence-electron chi connectivity index (χ2n) is 8.07. The van der Waals surface area contributed by atoms with E-state index in [1.165, 1.54) is 6.92 Å². The van der Waals surface area contributed by atoms with Gasteiger partial charge in [0.1, 0.15) is 0 Å². The number of alkyl halides is 3. The Bertz CT molecular complexity index is 558. The summed E-state index contributed by atoms with van der Waals surface area (Å²) in [7, 11) is 0. The highest BCUT2D eigenvalue weighted by Gasteiger charge is 2.77. The Kier molecular flexibility index (Phi) is 3.80. The number of fused-ring (bicyclic) bond motifs is 2. The summed E-state index contributed by atoms with van der Waals surface area (Å²) in [6, 6.07) is 0. The van der Waals surface area contributed by atoms with Gasteiger partial charge in [-0.1, -0.05) is 13.8 Å². The van der Waals surface area contributed by atoms with Crippen molar-refractivity contribution in [1.82, 2.24) is 0 Å². The van der Waals surface area contributed by atoms with Gasteiger partial charge in [-0.3, -0.25) is 0 Å². The van der Waals surface area contributed by atoms with Crippen LogP contribution in [0, 0.1) is 23.7 Å². The summed E-state index contributed by atoms with van der Waals surface area (Å²) in [6.07, 6.45) is -3.84. The molecule has 0 aromatic heterocycles. The maximum Gasteiger partial charge on any atom is 0.446 e. The van der Waals surface area contributed by atoms with Crippen molar-refractivity contribution in [2.45, 2.75) is 76.1 Å². The molecule has 5 rings (SSSR count). The van der Waals surface area contributed by atoms with E-state index < -0.39 is 41.5 Å². The van der Waals surface area contributed by atoms with E-state index in [-0.39, 0.29) is 11.8 Å². The third kappa shape index (κ3) is 2.14. The molecule has 1 aliphatic carbocycles. The smallest absolute Gasteiger partial charge is 0.315 e. The molecule has 1 spiro atoms. The van der Waals surface area contributed by atoms with Crippen LogP contribution in [0.2, 0.25) is 0 Å². The van der Waals surface area contributed by atoms with Crippen LogP contribution in [0.4, 0.5) is 13.2 Å². The molecule has 0 aromatic carbocycles. The molecule has 25 heavy (non-hydrogen) atoms. The lowest BCUT2D eigenvalue weighted by Crippen LogP contribution is -2.75. The average molecular weight is 368 g/mol. The van der Waals surface area contributed by atoms with Crippen molar-refractivity contribution in [3.05, 3.63) is 0 Å². The zero-order valence-electron chi connectivity index (χ0n) is 14.3. The van der Waals surface area contributed by atoms with Crippen molar-refractivity contribution in [2.24, 2.45) is 23.7 Å². The molecule has 0 amide bonds. The minimum absolute atomic E-state index is 0.0621. The van der Waals surface area contributed by atoms with Crippen molar-refractivity contribution in [3.8, 4) is 0 Å². The van der Waals surface area contributed by atoms with Gasteiger partial charge in [0.05, 0.1) is 0 Å². The largest absolute Gasteiger partial charge is 0.446 e. The van der Waals surface area contributed by atoms with Gasteiger partial charge in [0.2, 0.25) is 5.79 Å². The monoisotopic (exact) mass is 368 g/mol. The molecule has 6 nitrogen and oxygen atoms in total. The van der Waals surface area contributed by atoms with Crippen LogP contribution in [-0.2, 0) is 24.1 Å². The third-order valence-corrected chi connectivity index (χ3v) is 6.79. The van der Waals surface area contributed by atoms with E-state index in [0.717, 1.165) is 6.42 Å². The van der Waals surface area contributed by atoms with Gasteiger partial charge in [-0.15, -0.1) is 0 Å². The van der Waals surface area contributed by atoms with Crippen LogP contribution in [0.15, 0.2) is 0 Å². The van der Waals surface area contributed by atoms with E-state index in [2.05, 4.69) is 11.8 Å². The van der Waals surface area contributed by atoms with Gasteiger partial charge < -0.3 is 9.47 Å². The Labute approximate surface area is 143 Å². The quantitative estimate of drug-likeness (QED) is 0.563. The maximum atomic E-state index is 13.8. The molecule has 0 radical (unpaired) electrons. The third-order valence-electron chi connectivity index (χ3n) is 6.79. The molecular weight excluding hydrogens is 345 g/mol. The topological polar surface area (TPSA) is 66.4 Å². The van der Waals surface area contributed by atoms with Crippen LogP contribution in [0.3, 0.4) is 0 Å². The normalized spacial score (nSPS) is 55.6. The predicted octanol–water partition coefficient (Wildman–Crippen LogP) is 3.62. The second kappa shape index (κ2) is 5.30. The molecule has 5 aliphatic rings. The van der Waals surface area contributed by atoms with Crippen LogP contribution in [-0.4, -0.2) is 34.9 Å². The Balaban J connectivity index is 1.85. The maximum absolute atomic E-state index is 13.8. The van der Waals surface area contributed by atoms with Crippen LogP contribution in [0.1, 0.15) is 46.5 Å². The zero-order valence-corrected chi connectivity index (χ0v) is 14.3. The molecule has 1 unspecified atom stereocenters. The summed E-state index contributed by atoms with van der Waals surface area (Å²) in [4.78, 5) is 15.3. The van der Waals surface area contributed by atoms with E-state index in [1.807, 2.05) is 0 Å². The molecule has 0 aromatic rings. The van der Waals surface area contributed by atoms with Crippen molar-refractivity contribution < 1.29 is 42.6 Å². The first-order valence-corrected chi connectivity index (χ1v) is 8.71. The van der Waals surface area contributed by atoms with Gasteiger partial charge >= 0.3 is 12.0 Å². The standard InChI is InChI=1S/C16H23F3O6/c1-8-4-5-11-9(2)15(23-20,16(17,18)19)22-12-14(11)10(8)6-7-13(3,21-12)24-25-14/h8-12,20H,4-7H2,1-3H3/t8-,9-,10+,11?,12+,13+,14-,15+/m1/s1. The molecule has 144 valence electrons. The predicted molar refractivity (Wildman–Crippen MR) is 75.5 cm³/mol. The van der Waals surface area contributed by atoms with E-state index in [0.29, 0.717) is 19.3 Å².